The van der Waals surface area contributed by atoms with Gasteiger partial charge in [0.2, 0.25) is 0 Å². The lowest BCUT2D eigenvalue weighted by atomic mass is 9.96. The van der Waals surface area contributed by atoms with Gasteiger partial charge in [-0.25, -0.2) is 0 Å². The zero-order valence-corrected chi connectivity index (χ0v) is 12.1. The summed E-state index contributed by atoms with van der Waals surface area (Å²) < 4.78 is 0. The zero-order valence-electron chi connectivity index (χ0n) is 12.1. The number of hydrogen-bond donors (Lipinski definition) is 1. The van der Waals surface area contributed by atoms with Crippen LogP contribution < -0.4 is 0 Å². The van der Waals surface area contributed by atoms with Gasteiger partial charge in [0.15, 0.2) is 0 Å². The maximum atomic E-state index is 10.9. The molecular formula is C17H19NO2. The average Bonchev–Trinajstić information content (AvgIpc) is 2.43. The van der Waals surface area contributed by atoms with E-state index in [4.69, 9.17) is 5.11 Å². The van der Waals surface area contributed by atoms with Crippen LogP contribution in [0, 0.1) is 19.8 Å². The first-order chi connectivity index (χ1) is 9.49. The summed E-state index contributed by atoms with van der Waals surface area (Å²) in [5, 5.41) is 8.94. The predicted molar refractivity (Wildman–Crippen MR) is 79.7 cm³/mol. The first-order valence-electron chi connectivity index (χ1n) is 6.73. The average molecular weight is 269 g/mol. The molecule has 2 rings (SSSR count). The van der Waals surface area contributed by atoms with Gasteiger partial charge in [-0.1, -0.05) is 31.2 Å². The highest BCUT2D eigenvalue weighted by molar-refractivity contribution is 5.70. The molecule has 1 aromatic carbocycles. The van der Waals surface area contributed by atoms with Gasteiger partial charge in [-0.2, -0.15) is 0 Å². The number of benzene rings is 1. The minimum atomic E-state index is -0.755. The van der Waals surface area contributed by atoms with Crippen LogP contribution in [0.3, 0.4) is 0 Å². The molecular weight excluding hydrogens is 250 g/mol. The van der Waals surface area contributed by atoms with Crippen LogP contribution in [0.1, 0.15) is 23.7 Å². The molecule has 1 heterocycles. The van der Waals surface area contributed by atoms with Gasteiger partial charge in [0.05, 0.1) is 5.92 Å². The molecule has 0 saturated carbocycles. The van der Waals surface area contributed by atoms with E-state index in [1.807, 2.05) is 43.5 Å². The number of carbonyl (C=O) groups is 1. The number of aryl methyl sites for hydroxylation is 1. The molecule has 0 spiro atoms. The predicted octanol–water partition coefficient (Wildman–Crippen LogP) is 3.63. The van der Waals surface area contributed by atoms with E-state index in [0.717, 1.165) is 16.8 Å². The van der Waals surface area contributed by atoms with Crippen LogP contribution in [0.25, 0.3) is 11.1 Å². The maximum absolute atomic E-state index is 10.9. The third-order valence-electron chi connectivity index (χ3n) is 3.68. The molecule has 1 N–H and O–H groups in total. The van der Waals surface area contributed by atoms with E-state index in [1.54, 1.807) is 6.92 Å². The van der Waals surface area contributed by atoms with Gasteiger partial charge >= 0.3 is 5.97 Å². The van der Waals surface area contributed by atoms with Crippen LogP contribution in [0.5, 0.6) is 0 Å². The van der Waals surface area contributed by atoms with Crippen molar-refractivity contribution < 1.29 is 9.90 Å². The second-order valence-electron chi connectivity index (χ2n) is 5.21. The van der Waals surface area contributed by atoms with Gasteiger partial charge in [0.25, 0.3) is 0 Å². The van der Waals surface area contributed by atoms with Gasteiger partial charge < -0.3 is 5.11 Å². The van der Waals surface area contributed by atoms with Crippen LogP contribution in [0.2, 0.25) is 0 Å². The Morgan fingerprint density at radius 3 is 2.45 bits per heavy atom. The molecule has 1 atom stereocenters. The molecule has 3 heteroatoms. The van der Waals surface area contributed by atoms with E-state index in [0.29, 0.717) is 6.42 Å². The Morgan fingerprint density at radius 2 is 1.85 bits per heavy atom. The van der Waals surface area contributed by atoms with Crippen LogP contribution in [0.4, 0.5) is 0 Å². The summed E-state index contributed by atoms with van der Waals surface area (Å²) in [6.07, 6.45) is 2.38. The van der Waals surface area contributed by atoms with Crippen molar-refractivity contribution in [2.75, 3.05) is 0 Å². The van der Waals surface area contributed by atoms with Gasteiger partial charge in [-0.05, 0) is 48.6 Å². The summed E-state index contributed by atoms with van der Waals surface area (Å²) in [5.41, 5.74) is 5.58. The Balaban J connectivity index is 2.24. The largest absolute Gasteiger partial charge is 0.481 e. The van der Waals surface area contributed by atoms with Crippen molar-refractivity contribution in [1.82, 2.24) is 4.98 Å². The van der Waals surface area contributed by atoms with Crippen LogP contribution in [-0.4, -0.2) is 16.1 Å². The van der Waals surface area contributed by atoms with Crippen molar-refractivity contribution in [2.24, 2.45) is 5.92 Å². The Hall–Kier alpha value is -2.16. The van der Waals surface area contributed by atoms with Crippen LogP contribution in [0.15, 0.2) is 36.5 Å². The SMILES string of the molecule is Cc1nccc(-c2ccc(C[C@H](C)C(=O)O)cc2)c1C. The molecule has 0 aliphatic heterocycles. The lowest BCUT2D eigenvalue weighted by molar-refractivity contribution is -0.141. The molecule has 0 aliphatic rings. The van der Waals surface area contributed by atoms with Crippen molar-refractivity contribution in [3.05, 3.63) is 53.3 Å². The molecule has 104 valence electrons. The number of nitrogens with zero attached hydrogens (tertiary/aromatic N) is 1. The van der Waals surface area contributed by atoms with Gasteiger partial charge in [-0.15, -0.1) is 0 Å². The molecule has 0 bridgehead atoms. The summed E-state index contributed by atoms with van der Waals surface area (Å²) in [5.74, 6) is -1.11. The second kappa shape index (κ2) is 5.87. The third-order valence-corrected chi connectivity index (χ3v) is 3.68. The van der Waals surface area contributed by atoms with E-state index in [-0.39, 0.29) is 5.92 Å². The van der Waals surface area contributed by atoms with Crippen molar-refractivity contribution in [3.8, 4) is 11.1 Å². The number of aromatic nitrogens is 1. The van der Waals surface area contributed by atoms with Crippen molar-refractivity contribution in [3.63, 3.8) is 0 Å². The molecule has 1 aromatic heterocycles. The number of aliphatic carboxylic acids is 1. The Kier molecular flexibility index (Phi) is 4.18. The highest BCUT2D eigenvalue weighted by Crippen LogP contribution is 2.25. The Bertz CT molecular complexity index is 617. The van der Waals surface area contributed by atoms with E-state index < -0.39 is 5.97 Å². The van der Waals surface area contributed by atoms with Crippen LogP contribution >= 0.6 is 0 Å². The van der Waals surface area contributed by atoms with Crippen molar-refractivity contribution >= 4 is 5.97 Å². The molecule has 0 amide bonds. The van der Waals surface area contributed by atoms with Crippen molar-refractivity contribution in [2.45, 2.75) is 27.2 Å². The second-order valence-corrected chi connectivity index (χ2v) is 5.21. The fourth-order valence-electron chi connectivity index (χ4n) is 2.21. The lowest BCUT2D eigenvalue weighted by Crippen LogP contribution is -2.12. The third kappa shape index (κ3) is 3.05. The molecule has 20 heavy (non-hydrogen) atoms. The zero-order chi connectivity index (χ0) is 14.7. The molecule has 0 fully saturated rings. The van der Waals surface area contributed by atoms with Crippen molar-refractivity contribution in [1.29, 1.82) is 0 Å². The summed E-state index contributed by atoms with van der Waals surface area (Å²) in [6, 6.07) is 10.1. The van der Waals surface area contributed by atoms with Gasteiger partial charge in [0, 0.05) is 11.9 Å². The fraction of sp³-hybridized carbons (Fsp3) is 0.294. The summed E-state index contributed by atoms with van der Waals surface area (Å²) in [4.78, 5) is 15.1. The summed E-state index contributed by atoms with van der Waals surface area (Å²) >= 11 is 0. The first-order valence-corrected chi connectivity index (χ1v) is 6.73. The first kappa shape index (κ1) is 14.3. The van der Waals surface area contributed by atoms with Gasteiger partial charge in [0.1, 0.15) is 0 Å². The van der Waals surface area contributed by atoms with E-state index in [9.17, 15) is 4.79 Å². The minimum Gasteiger partial charge on any atom is -0.481 e. The molecule has 2 aromatic rings. The van der Waals surface area contributed by atoms with E-state index >= 15 is 0 Å². The molecule has 3 nitrogen and oxygen atoms in total. The van der Waals surface area contributed by atoms with Gasteiger partial charge in [-0.3, -0.25) is 9.78 Å². The topological polar surface area (TPSA) is 50.2 Å². The number of carboxylic acids is 1. The molecule has 0 radical (unpaired) electrons. The molecule has 0 saturated heterocycles. The summed E-state index contributed by atoms with van der Waals surface area (Å²) in [7, 11) is 0. The quantitative estimate of drug-likeness (QED) is 0.922. The Morgan fingerprint density at radius 1 is 1.20 bits per heavy atom. The smallest absolute Gasteiger partial charge is 0.306 e. The monoisotopic (exact) mass is 269 g/mol. The number of rotatable bonds is 4. The number of pyridine rings is 1. The normalized spacial score (nSPS) is 12.2. The minimum absolute atomic E-state index is 0.356. The molecule has 0 aliphatic carbocycles. The highest BCUT2D eigenvalue weighted by atomic mass is 16.4. The standard InChI is InChI=1S/C17H19NO2/c1-11(17(19)20)10-14-4-6-15(7-5-14)16-8-9-18-13(3)12(16)2/h4-9,11H,10H2,1-3H3,(H,19,20)/t11-/m0/s1. The number of carboxylic acid groups (broad SMARTS) is 1. The fourth-order valence-corrected chi connectivity index (χ4v) is 2.21. The Labute approximate surface area is 119 Å². The number of hydrogen-bond acceptors (Lipinski definition) is 2. The maximum Gasteiger partial charge on any atom is 0.306 e. The van der Waals surface area contributed by atoms with Crippen LogP contribution in [-0.2, 0) is 11.2 Å². The highest BCUT2D eigenvalue weighted by Gasteiger charge is 2.11. The summed E-state index contributed by atoms with van der Waals surface area (Å²) in [6.45, 7) is 5.80. The van der Waals surface area contributed by atoms with E-state index in [1.165, 1.54) is 11.1 Å². The van der Waals surface area contributed by atoms with E-state index in [2.05, 4.69) is 11.9 Å². The molecule has 0 unspecified atom stereocenters. The lowest BCUT2D eigenvalue weighted by Gasteiger charge is -2.10.